The first-order valence-corrected chi connectivity index (χ1v) is 9.76. The zero-order valence-corrected chi connectivity index (χ0v) is 16.0. The molecule has 0 saturated carbocycles. The highest BCUT2D eigenvalue weighted by atomic mass is 19.1. The number of nitrogens with zero attached hydrogens (tertiary/aromatic N) is 1. The summed E-state index contributed by atoms with van der Waals surface area (Å²) in [5.41, 5.74) is 9.43. The Kier molecular flexibility index (Phi) is 5.44. The molecule has 0 aliphatic carbocycles. The summed E-state index contributed by atoms with van der Waals surface area (Å²) < 4.78 is 19.4. The molecule has 1 saturated heterocycles. The van der Waals surface area contributed by atoms with Crippen LogP contribution in [0.5, 0.6) is 0 Å². The predicted molar refractivity (Wildman–Crippen MR) is 105 cm³/mol. The summed E-state index contributed by atoms with van der Waals surface area (Å²) >= 11 is 0. The molecule has 2 aromatic carbocycles. The first-order chi connectivity index (χ1) is 13.6. The zero-order valence-electron chi connectivity index (χ0n) is 16.0. The summed E-state index contributed by atoms with van der Waals surface area (Å²) in [6.07, 6.45) is 0.726. The van der Waals surface area contributed by atoms with Gasteiger partial charge in [0.05, 0.1) is 12.6 Å². The number of nitrogens with one attached hydrogen (secondary N) is 1. The Morgan fingerprint density at radius 3 is 2.68 bits per heavy atom. The summed E-state index contributed by atoms with van der Waals surface area (Å²) in [6, 6.07) is 14.2. The third kappa shape index (κ3) is 3.55. The molecule has 2 aliphatic heterocycles. The average molecular weight is 383 g/mol. The van der Waals surface area contributed by atoms with Crippen LogP contribution in [0.3, 0.4) is 0 Å². The number of hydrogen-bond acceptors (Lipinski definition) is 4. The molecule has 0 aromatic heterocycles. The van der Waals surface area contributed by atoms with Crippen LogP contribution in [-0.4, -0.2) is 49.2 Å². The second kappa shape index (κ2) is 7.99. The zero-order chi connectivity index (χ0) is 19.7. The highest BCUT2D eigenvalue weighted by Crippen LogP contribution is 2.36. The normalized spacial score (nSPS) is 27.3. The van der Waals surface area contributed by atoms with E-state index in [-0.39, 0.29) is 29.8 Å². The summed E-state index contributed by atoms with van der Waals surface area (Å²) in [7, 11) is 1.85. The minimum Gasteiger partial charge on any atom is -0.367 e. The van der Waals surface area contributed by atoms with Crippen molar-refractivity contribution in [3.05, 3.63) is 71.0 Å². The molecule has 4 rings (SSSR count). The lowest BCUT2D eigenvalue weighted by atomic mass is 9.87. The highest BCUT2D eigenvalue weighted by molar-refractivity contribution is 5.82. The molecule has 1 fully saturated rings. The van der Waals surface area contributed by atoms with Crippen molar-refractivity contribution < 1.29 is 13.9 Å². The second-order valence-electron chi connectivity index (χ2n) is 7.55. The highest BCUT2D eigenvalue weighted by Gasteiger charge is 2.39. The van der Waals surface area contributed by atoms with Crippen molar-refractivity contribution in [2.24, 2.45) is 5.73 Å². The maximum absolute atomic E-state index is 13.5. The van der Waals surface area contributed by atoms with Crippen LogP contribution < -0.4 is 11.1 Å². The van der Waals surface area contributed by atoms with E-state index in [0.29, 0.717) is 19.6 Å². The van der Waals surface area contributed by atoms with Crippen molar-refractivity contribution in [1.29, 1.82) is 0 Å². The van der Waals surface area contributed by atoms with Crippen molar-refractivity contribution in [2.75, 3.05) is 20.2 Å². The molecule has 0 spiro atoms. The van der Waals surface area contributed by atoms with Gasteiger partial charge in [-0.15, -0.1) is 0 Å². The van der Waals surface area contributed by atoms with Gasteiger partial charge in [0.1, 0.15) is 11.9 Å². The number of carbonyl (C=O) groups excluding carboxylic acids is 1. The van der Waals surface area contributed by atoms with Gasteiger partial charge in [0, 0.05) is 18.6 Å². The molecule has 2 aromatic rings. The van der Waals surface area contributed by atoms with Gasteiger partial charge in [-0.05, 0) is 48.7 Å². The first-order valence-electron chi connectivity index (χ1n) is 9.76. The van der Waals surface area contributed by atoms with Gasteiger partial charge in [0.25, 0.3) is 5.91 Å². The number of fused-ring (bicyclic) bond motifs is 1. The van der Waals surface area contributed by atoms with Gasteiger partial charge in [-0.3, -0.25) is 4.79 Å². The van der Waals surface area contributed by atoms with Gasteiger partial charge < -0.3 is 20.7 Å². The molecule has 0 radical (unpaired) electrons. The Labute approximate surface area is 164 Å². The Morgan fingerprint density at radius 1 is 1.21 bits per heavy atom. The molecule has 28 heavy (non-hydrogen) atoms. The number of carbonyl (C=O) groups is 1. The summed E-state index contributed by atoms with van der Waals surface area (Å²) in [4.78, 5) is 15.3. The molecule has 1 amide bonds. The van der Waals surface area contributed by atoms with Crippen molar-refractivity contribution in [1.82, 2.24) is 10.2 Å². The smallest absolute Gasteiger partial charge is 0.252 e. The Morgan fingerprint density at radius 2 is 1.96 bits per heavy atom. The second-order valence-corrected chi connectivity index (χ2v) is 7.55. The molecule has 2 aliphatic rings. The minimum absolute atomic E-state index is 0.0474. The van der Waals surface area contributed by atoms with E-state index in [1.807, 2.05) is 30.1 Å². The van der Waals surface area contributed by atoms with Crippen LogP contribution in [0.1, 0.15) is 29.2 Å². The summed E-state index contributed by atoms with van der Waals surface area (Å²) in [5, 5.41) is 3.14. The van der Waals surface area contributed by atoms with Crippen LogP contribution in [-0.2, 0) is 16.0 Å². The SMILES string of the molecule is CN[C@@H]1CO[C@@H](C(=O)N2CCc3ccccc3[C@@H]2c2ccc(F)cc2)C[C@@H]1N. The van der Waals surface area contributed by atoms with Gasteiger partial charge in [-0.2, -0.15) is 0 Å². The lowest BCUT2D eigenvalue weighted by molar-refractivity contribution is -0.150. The number of likely N-dealkylation sites (N-methyl/N-ethyl adjacent to an activating group) is 1. The van der Waals surface area contributed by atoms with E-state index in [1.54, 1.807) is 12.1 Å². The molecule has 0 bridgehead atoms. The molecule has 6 heteroatoms. The molecular weight excluding hydrogens is 357 g/mol. The standard InChI is InChI=1S/C22H26FN3O2/c1-25-19-13-28-20(12-18(19)24)22(27)26-11-10-14-4-2-3-5-17(14)21(26)15-6-8-16(23)9-7-15/h2-9,18-21,25H,10-13,24H2,1H3/t18-,19+,20+,21-/m0/s1. The minimum atomic E-state index is -0.548. The van der Waals surface area contributed by atoms with Gasteiger partial charge in [0.15, 0.2) is 0 Å². The molecule has 5 nitrogen and oxygen atoms in total. The summed E-state index contributed by atoms with van der Waals surface area (Å²) in [5.74, 6) is -0.334. The van der Waals surface area contributed by atoms with Crippen LogP contribution in [0.4, 0.5) is 4.39 Å². The van der Waals surface area contributed by atoms with E-state index in [9.17, 15) is 9.18 Å². The number of hydrogen-bond donors (Lipinski definition) is 2. The number of ether oxygens (including phenoxy) is 1. The number of halogens is 1. The lowest BCUT2D eigenvalue weighted by Gasteiger charge is -2.41. The molecule has 4 atom stereocenters. The third-order valence-corrected chi connectivity index (χ3v) is 5.88. The third-order valence-electron chi connectivity index (χ3n) is 5.88. The van der Waals surface area contributed by atoms with E-state index in [2.05, 4.69) is 11.4 Å². The fourth-order valence-electron chi connectivity index (χ4n) is 4.29. The van der Waals surface area contributed by atoms with Crippen LogP contribution in [0, 0.1) is 5.82 Å². The van der Waals surface area contributed by atoms with Crippen molar-refractivity contribution in [3.63, 3.8) is 0 Å². The van der Waals surface area contributed by atoms with E-state index in [0.717, 1.165) is 17.5 Å². The summed E-state index contributed by atoms with van der Waals surface area (Å²) in [6.45, 7) is 1.02. The Bertz CT molecular complexity index is 842. The van der Waals surface area contributed by atoms with E-state index >= 15 is 0 Å². The molecule has 148 valence electrons. The molecule has 0 unspecified atom stereocenters. The number of benzene rings is 2. The fraction of sp³-hybridized carbons (Fsp3) is 0.409. The van der Waals surface area contributed by atoms with Gasteiger partial charge in [-0.25, -0.2) is 4.39 Å². The van der Waals surface area contributed by atoms with Crippen LogP contribution in [0.15, 0.2) is 48.5 Å². The number of nitrogens with two attached hydrogens (primary N) is 1. The quantitative estimate of drug-likeness (QED) is 0.851. The monoisotopic (exact) mass is 383 g/mol. The molecular formula is C22H26FN3O2. The van der Waals surface area contributed by atoms with Crippen LogP contribution >= 0.6 is 0 Å². The van der Waals surface area contributed by atoms with Gasteiger partial charge in [-0.1, -0.05) is 36.4 Å². The topological polar surface area (TPSA) is 67.6 Å². The van der Waals surface area contributed by atoms with Gasteiger partial charge in [0.2, 0.25) is 0 Å². The van der Waals surface area contributed by atoms with E-state index in [1.165, 1.54) is 17.7 Å². The van der Waals surface area contributed by atoms with Crippen molar-refractivity contribution in [2.45, 2.75) is 37.1 Å². The number of amides is 1. The van der Waals surface area contributed by atoms with E-state index < -0.39 is 6.10 Å². The Hall–Kier alpha value is -2.28. The van der Waals surface area contributed by atoms with Crippen molar-refractivity contribution >= 4 is 5.91 Å². The molecule has 3 N–H and O–H groups in total. The van der Waals surface area contributed by atoms with Crippen LogP contribution in [0.2, 0.25) is 0 Å². The maximum atomic E-state index is 13.5. The lowest BCUT2D eigenvalue weighted by Crippen LogP contribution is -2.57. The van der Waals surface area contributed by atoms with E-state index in [4.69, 9.17) is 10.5 Å². The maximum Gasteiger partial charge on any atom is 0.252 e. The first kappa shape index (κ1) is 19.1. The largest absolute Gasteiger partial charge is 0.367 e. The van der Waals surface area contributed by atoms with Gasteiger partial charge >= 0.3 is 0 Å². The fourth-order valence-corrected chi connectivity index (χ4v) is 4.29. The Balaban J connectivity index is 1.65. The average Bonchev–Trinajstić information content (AvgIpc) is 2.73. The predicted octanol–water partition coefficient (Wildman–Crippen LogP) is 2.00. The van der Waals surface area contributed by atoms with Crippen molar-refractivity contribution in [3.8, 4) is 0 Å². The van der Waals surface area contributed by atoms with Crippen LogP contribution in [0.25, 0.3) is 0 Å². The molecule has 2 heterocycles. The number of rotatable bonds is 3.